The Morgan fingerprint density at radius 3 is 2.30 bits per heavy atom. The summed E-state index contributed by atoms with van der Waals surface area (Å²) in [4.78, 5) is 45.7. The molecule has 2 aliphatic heterocycles. The van der Waals surface area contributed by atoms with Gasteiger partial charge in [-0.05, 0) is 35.9 Å². The van der Waals surface area contributed by atoms with E-state index in [4.69, 9.17) is 4.42 Å². The van der Waals surface area contributed by atoms with E-state index in [1.165, 1.54) is 21.9 Å². The fourth-order valence-electron chi connectivity index (χ4n) is 5.90. The fourth-order valence-corrected chi connectivity index (χ4v) is 5.90. The zero-order chi connectivity index (χ0) is 27.6. The van der Waals surface area contributed by atoms with Gasteiger partial charge in [0.15, 0.2) is 11.0 Å². The summed E-state index contributed by atoms with van der Waals surface area (Å²) in [5.74, 6) is -2.64. The Morgan fingerprint density at radius 1 is 0.775 bits per heavy atom. The van der Waals surface area contributed by atoms with E-state index in [0.29, 0.717) is 11.3 Å². The molecule has 7 rings (SSSR count). The number of para-hydroxylation sites is 1. The van der Waals surface area contributed by atoms with E-state index in [-0.39, 0.29) is 40.9 Å². The van der Waals surface area contributed by atoms with Crippen molar-refractivity contribution in [2.45, 2.75) is 18.6 Å². The molecule has 2 amide bonds. The average Bonchev–Trinajstić information content (AvgIpc) is 3.35. The predicted molar refractivity (Wildman–Crippen MR) is 144 cm³/mol. The molecule has 0 saturated carbocycles. The average molecular weight is 535 g/mol. The number of amides is 2. The van der Waals surface area contributed by atoms with Crippen LogP contribution in [0.15, 0.2) is 106 Å². The van der Waals surface area contributed by atoms with Crippen molar-refractivity contribution >= 4 is 28.5 Å². The molecule has 1 atom stereocenters. The summed E-state index contributed by atoms with van der Waals surface area (Å²) < 4.78 is 35.0. The van der Waals surface area contributed by atoms with Gasteiger partial charge in [0, 0.05) is 17.7 Å². The van der Waals surface area contributed by atoms with Crippen molar-refractivity contribution in [1.82, 2.24) is 4.90 Å². The number of hydrogen-bond acceptors (Lipinski definition) is 4. The molecule has 1 aromatic heterocycles. The van der Waals surface area contributed by atoms with Crippen LogP contribution in [0.2, 0.25) is 0 Å². The van der Waals surface area contributed by atoms with Crippen LogP contribution >= 0.6 is 0 Å². The summed E-state index contributed by atoms with van der Waals surface area (Å²) in [5.41, 5.74) is -0.868. The van der Waals surface area contributed by atoms with Crippen LogP contribution < -0.4 is 10.3 Å². The Morgan fingerprint density at radius 2 is 1.50 bits per heavy atom. The van der Waals surface area contributed by atoms with Gasteiger partial charge in [0.25, 0.3) is 11.8 Å². The summed E-state index contributed by atoms with van der Waals surface area (Å²) >= 11 is 0. The van der Waals surface area contributed by atoms with Crippen molar-refractivity contribution in [3.05, 3.63) is 147 Å². The van der Waals surface area contributed by atoms with Crippen LogP contribution in [0.4, 0.5) is 14.5 Å². The van der Waals surface area contributed by atoms with Crippen LogP contribution in [0.1, 0.15) is 32.8 Å². The molecule has 8 heteroatoms. The number of fused-ring (bicyclic) bond motifs is 5. The molecule has 6 nitrogen and oxygen atoms in total. The van der Waals surface area contributed by atoms with E-state index >= 15 is 0 Å². The molecule has 2 aliphatic rings. The molecular weight excluding hydrogens is 514 g/mol. The Bertz CT molecular complexity index is 1920. The van der Waals surface area contributed by atoms with Crippen molar-refractivity contribution in [2.24, 2.45) is 0 Å². The molecule has 0 radical (unpaired) electrons. The molecule has 0 fully saturated rings. The van der Waals surface area contributed by atoms with Gasteiger partial charge in [-0.25, -0.2) is 8.78 Å². The second-order valence-corrected chi connectivity index (χ2v) is 9.86. The smallest absolute Gasteiger partial charge is 0.291 e. The van der Waals surface area contributed by atoms with Gasteiger partial charge >= 0.3 is 0 Å². The third-order valence-corrected chi connectivity index (χ3v) is 7.67. The molecule has 3 heterocycles. The number of hydrogen-bond donors (Lipinski definition) is 0. The maximum Gasteiger partial charge on any atom is 0.291 e. The molecule has 1 unspecified atom stereocenters. The molecule has 0 aliphatic carbocycles. The van der Waals surface area contributed by atoms with Gasteiger partial charge < -0.3 is 14.2 Å². The van der Waals surface area contributed by atoms with E-state index in [2.05, 4.69) is 0 Å². The number of rotatable bonds is 4. The second kappa shape index (κ2) is 8.71. The zero-order valence-electron chi connectivity index (χ0n) is 20.9. The van der Waals surface area contributed by atoms with Crippen LogP contribution in [-0.2, 0) is 23.4 Å². The fraction of sp³-hybridized carbons (Fsp3) is 0.0938. The number of nitrogens with zero attached hydrogens (tertiary/aromatic N) is 2. The zero-order valence-corrected chi connectivity index (χ0v) is 20.9. The minimum atomic E-state index is -1.90. The molecule has 0 bridgehead atoms. The molecule has 5 aromatic rings. The molecular formula is C32H20F2N2O4. The Balaban J connectivity index is 1.53. The Labute approximate surface area is 226 Å². The van der Waals surface area contributed by atoms with Gasteiger partial charge in [-0.1, -0.05) is 66.7 Å². The topological polar surface area (TPSA) is 70.8 Å². The van der Waals surface area contributed by atoms with Crippen molar-refractivity contribution in [1.29, 1.82) is 0 Å². The lowest BCUT2D eigenvalue weighted by Gasteiger charge is -2.34. The monoisotopic (exact) mass is 534 g/mol. The number of halogens is 2. The second-order valence-electron chi connectivity index (χ2n) is 9.86. The predicted octanol–water partition coefficient (Wildman–Crippen LogP) is 5.52. The highest BCUT2D eigenvalue weighted by molar-refractivity contribution is 6.17. The summed E-state index contributed by atoms with van der Waals surface area (Å²) in [6.45, 7) is -0.137. The van der Waals surface area contributed by atoms with Gasteiger partial charge in [-0.15, -0.1) is 0 Å². The largest absolute Gasteiger partial charge is 0.450 e. The highest BCUT2D eigenvalue weighted by Gasteiger charge is 2.65. The van der Waals surface area contributed by atoms with Crippen molar-refractivity contribution in [3.8, 4) is 0 Å². The third-order valence-electron chi connectivity index (χ3n) is 7.67. The van der Waals surface area contributed by atoms with E-state index in [0.717, 1.165) is 17.7 Å². The molecule has 196 valence electrons. The van der Waals surface area contributed by atoms with Gasteiger partial charge in [0.2, 0.25) is 5.76 Å². The Kier molecular flexibility index (Phi) is 5.22. The molecule has 1 spiro atoms. The molecule has 0 saturated heterocycles. The first-order chi connectivity index (χ1) is 19.4. The van der Waals surface area contributed by atoms with Gasteiger partial charge in [-0.2, -0.15) is 0 Å². The number of carbonyl (C=O) groups is 2. The lowest BCUT2D eigenvalue weighted by Crippen LogP contribution is -2.53. The molecule has 4 aromatic carbocycles. The summed E-state index contributed by atoms with van der Waals surface area (Å²) in [6.07, 6.45) is 0. The first kappa shape index (κ1) is 24.0. The van der Waals surface area contributed by atoms with E-state index in [1.807, 2.05) is 30.3 Å². The van der Waals surface area contributed by atoms with Crippen LogP contribution in [0.3, 0.4) is 0 Å². The van der Waals surface area contributed by atoms with Gasteiger partial charge in [-0.3, -0.25) is 14.4 Å². The number of benzene rings is 4. The third kappa shape index (κ3) is 3.22. The first-order valence-corrected chi connectivity index (χ1v) is 12.7. The van der Waals surface area contributed by atoms with E-state index < -0.39 is 34.4 Å². The lowest BCUT2D eigenvalue weighted by molar-refractivity contribution is -0.126. The maximum absolute atomic E-state index is 14.8. The minimum absolute atomic E-state index is 0.0123. The van der Waals surface area contributed by atoms with Crippen molar-refractivity contribution in [3.63, 3.8) is 0 Å². The van der Waals surface area contributed by atoms with Gasteiger partial charge in [0.1, 0.15) is 17.2 Å². The Hall–Kier alpha value is -5.11. The maximum atomic E-state index is 14.8. The summed E-state index contributed by atoms with van der Waals surface area (Å²) in [7, 11) is 0. The first-order valence-electron chi connectivity index (χ1n) is 12.7. The van der Waals surface area contributed by atoms with Gasteiger partial charge in [0.05, 0.1) is 23.2 Å². The standard InChI is InChI=1S/C32H20F2N2O4/c33-21-14-15-26-22(16-21)28(37)27-29(40-26)30(38)36(17-19-8-2-1-3-9-19)32(27)23-11-5-7-13-25(23)35(31(32)39)18-20-10-4-6-12-24(20)34/h1-16H,17-18H2. The summed E-state index contributed by atoms with van der Waals surface area (Å²) in [6, 6.07) is 25.5. The number of anilines is 1. The number of carbonyl (C=O) groups excluding carboxylic acids is 2. The highest BCUT2D eigenvalue weighted by Crippen LogP contribution is 2.53. The van der Waals surface area contributed by atoms with Crippen molar-refractivity contribution in [2.75, 3.05) is 4.90 Å². The minimum Gasteiger partial charge on any atom is -0.450 e. The molecule has 40 heavy (non-hydrogen) atoms. The SMILES string of the molecule is O=C1c2oc3ccc(F)cc3c(=O)c2C2(C(=O)N(Cc3ccccc3F)c3ccccc32)N1Cc1ccccc1. The molecule has 0 N–H and O–H groups in total. The van der Waals surface area contributed by atoms with Crippen LogP contribution in [0.5, 0.6) is 0 Å². The highest BCUT2D eigenvalue weighted by atomic mass is 19.1. The van der Waals surface area contributed by atoms with E-state index in [1.54, 1.807) is 42.5 Å². The van der Waals surface area contributed by atoms with Crippen LogP contribution in [0, 0.1) is 11.6 Å². The van der Waals surface area contributed by atoms with Crippen LogP contribution in [-0.4, -0.2) is 16.7 Å². The lowest BCUT2D eigenvalue weighted by atomic mass is 9.83. The normalized spacial score (nSPS) is 17.6. The van der Waals surface area contributed by atoms with Crippen molar-refractivity contribution < 1.29 is 22.8 Å². The van der Waals surface area contributed by atoms with E-state index in [9.17, 15) is 23.2 Å². The summed E-state index contributed by atoms with van der Waals surface area (Å²) in [5, 5.41) is -0.0784. The quantitative estimate of drug-likeness (QED) is 0.305. The van der Waals surface area contributed by atoms with Crippen LogP contribution in [0.25, 0.3) is 11.0 Å².